The van der Waals surface area contributed by atoms with Gasteiger partial charge in [-0.1, -0.05) is 25.7 Å². The molecule has 3 N–H and O–H groups in total. The Bertz CT molecular complexity index is 343. The van der Waals surface area contributed by atoms with E-state index in [9.17, 15) is 0 Å². The van der Waals surface area contributed by atoms with Gasteiger partial charge >= 0.3 is 0 Å². The van der Waals surface area contributed by atoms with Crippen LogP contribution >= 0.6 is 0 Å². The Kier molecular flexibility index (Phi) is 3.65. The molecule has 1 aromatic rings. The number of aryl methyl sites for hydroxylation is 1. The van der Waals surface area contributed by atoms with Crippen molar-refractivity contribution in [2.24, 2.45) is 5.92 Å². The number of hydrogen-bond donors (Lipinski definition) is 2. The molecular formula is C13H21N3. The van der Waals surface area contributed by atoms with Crippen molar-refractivity contribution >= 4 is 11.5 Å². The maximum absolute atomic E-state index is 5.89. The molecule has 3 nitrogen and oxygen atoms in total. The number of rotatable bonds is 4. The molecule has 2 rings (SSSR count). The number of nitrogens with one attached hydrogen (secondary N) is 1. The molecule has 0 saturated heterocycles. The predicted molar refractivity (Wildman–Crippen MR) is 68.5 cm³/mol. The molecule has 0 unspecified atom stereocenters. The van der Waals surface area contributed by atoms with Crippen molar-refractivity contribution in [3.05, 3.63) is 17.8 Å². The van der Waals surface area contributed by atoms with Crippen molar-refractivity contribution < 1.29 is 0 Å². The third kappa shape index (κ3) is 2.87. The Hall–Kier alpha value is -1.25. The summed E-state index contributed by atoms with van der Waals surface area (Å²) in [6.07, 6.45) is 8.73. The number of hydrogen-bond acceptors (Lipinski definition) is 3. The van der Waals surface area contributed by atoms with Gasteiger partial charge in [0.05, 0.1) is 5.69 Å². The van der Waals surface area contributed by atoms with Crippen LogP contribution in [0.3, 0.4) is 0 Å². The van der Waals surface area contributed by atoms with E-state index in [2.05, 4.69) is 10.3 Å². The molecule has 1 saturated carbocycles. The van der Waals surface area contributed by atoms with Crippen LogP contribution < -0.4 is 11.1 Å². The van der Waals surface area contributed by atoms with Crippen LogP contribution in [0.15, 0.2) is 12.3 Å². The zero-order valence-electron chi connectivity index (χ0n) is 10.00. The second-order valence-electron chi connectivity index (χ2n) is 4.82. The quantitative estimate of drug-likeness (QED) is 0.818. The zero-order chi connectivity index (χ0) is 11.4. The van der Waals surface area contributed by atoms with Crippen LogP contribution in [0.5, 0.6) is 0 Å². The molecule has 0 radical (unpaired) electrons. The first-order valence-electron chi connectivity index (χ1n) is 6.21. The molecule has 0 aromatic carbocycles. The highest BCUT2D eigenvalue weighted by Gasteiger charge is 2.14. The molecule has 0 atom stereocenters. The zero-order valence-corrected chi connectivity index (χ0v) is 10.00. The van der Waals surface area contributed by atoms with Crippen LogP contribution in [0, 0.1) is 12.8 Å². The monoisotopic (exact) mass is 219 g/mol. The average molecular weight is 219 g/mol. The first-order chi connectivity index (χ1) is 7.75. The Morgan fingerprint density at radius 1 is 1.44 bits per heavy atom. The maximum atomic E-state index is 5.89. The van der Waals surface area contributed by atoms with Crippen molar-refractivity contribution in [3.63, 3.8) is 0 Å². The van der Waals surface area contributed by atoms with Crippen molar-refractivity contribution in [2.45, 2.75) is 39.0 Å². The third-order valence-corrected chi connectivity index (χ3v) is 3.37. The maximum Gasteiger partial charge on any atom is 0.149 e. The van der Waals surface area contributed by atoms with E-state index < -0.39 is 0 Å². The van der Waals surface area contributed by atoms with Crippen LogP contribution in [0.25, 0.3) is 0 Å². The van der Waals surface area contributed by atoms with Crippen molar-refractivity contribution in [3.8, 4) is 0 Å². The number of nitrogen functional groups attached to an aromatic ring is 1. The minimum absolute atomic E-state index is 0.756. The van der Waals surface area contributed by atoms with Gasteiger partial charge in [-0.3, -0.25) is 0 Å². The fourth-order valence-electron chi connectivity index (χ4n) is 2.43. The highest BCUT2D eigenvalue weighted by Crippen LogP contribution is 2.27. The first-order valence-corrected chi connectivity index (χ1v) is 6.21. The molecule has 88 valence electrons. The van der Waals surface area contributed by atoms with Crippen molar-refractivity contribution in [1.82, 2.24) is 4.98 Å². The first kappa shape index (κ1) is 11.2. The molecule has 1 aromatic heterocycles. The van der Waals surface area contributed by atoms with Crippen LogP contribution in [0.1, 0.15) is 37.7 Å². The van der Waals surface area contributed by atoms with Gasteiger partial charge in [-0.15, -0.1) is 0 Å². The Morgan fingerprint density at radius 2 is 2.19 bits per heavy atom. The smallest absolute Gasteiger partial charge is 0.149 e. The second-order valence-corrected chi connectivity index (χ2v) is 4.82. The summed E-state index contributed by atoms with van der Waals surface area (Å²) < 4.78 is 0. The summed E-state index contributed by atoms with van der Waals surface area (Å²) in [5, 5.41) is 3.33. The summed E-state index contributed by atoms with van der Waals surface area (Å²) >= 11 is 0. The molecule has 0 spiro atoms. The van der Waals surface area contributed by atoms with Crippen LogP contribution in [0.4, 0.5) is 11.5 Å². The minimum atomic E-state index is 0.756. The number of nitrogens with two attached hydrogens (primary N) is 1. The SMILES string of the molecule is Cc1cnc(NCCC2CCCC2)c(N)c1. The number of pyridine rings is 1. The van der Waals surface area contributed by atoms with E-state index in [1.165, 1.54) is 32.1 Å². The van der Waals surface area contributed by atoms with Gasteiger partial charge in [-0.05, 0) is 30.9 Å². The molecule has 1 aliphatic carbocycles. The summed E-state index contributed by atoms with van der Waals surface area (Å²) in [6.45, 7) is 3.00. The topological polar surface area (TPSA) is 50.9 Å². The summed E-state index contributed by atoms with van der Waals surface area (Å²) in [6, 6.07) is 1.96. The summed E-state index contributed by atoms with van der Waals surface area (Å²) in [7, 11) is 0. The van der Waals surface area contributed by atoms with Crippen LogP contribution in [0.2, 0.25) is 0 Å². The minimum Gasteiger partial charge on any atom is -0.396 e. The van der Waals surface area contributed by atoms with E-state index in [4.69, 9.17) is 5.73 Å². The van der Waals surface area contributed by atoms with Gasteiger partial charge in [0.2, 0.25) is 0 Å². The summed E-state index contributed by atoms with van der Waals surface area (Å²) in [4.78, 5) is 4.31. The molecule has 3 heteroatoms. The van der Waals surface area contributed by atoms with E-state index >= 15 is 0 Å². The molecule has 1 heterocycles. The van der Waals surface area contributed by atoms with E-state index in [0.29, 0.717) is 0 Å². The molecule has 16 heavy (non-hydrogen) atoms. The normalized spacial score (nSPS) is 16.6. The predicted octanol–water partition coefficient (Wildman–Crippen LogP) is 2.96. The van der Waals surface area contributed by atoms with Gasteiger partial charge in [0, 0.05) is 12.7 Å². The van der Waals surface area contributed by atoms with E-state index in [-0.39, 0.29) is 0 Å². The highest BCUT2D eigenvalue weighted by molar-refractivity contribution is 5.61. The number of anilines is 2. The lowest BCUT2D eigenvalue weighted by molar-refractivity contribution is 0.518. The summed E-state index contributed by atoms with van der Waals surface area (Å²) in [5.74, 6) is 1.75. The molecule has 1 aliphatic rings. The van der Waals surface area contributed by atoms with E-state index in [1.807, 2.05) is 19.2 Å². The van der Waals surface area contributed by atoms with Crippen molar-refractivity contribution in [2.75, 3.05) is 17.6 Å². The third-order valence-electron chi connectivity index (χ3n) is 3.37. The van der Waals surface area contributed by atoms with E-state index in [1.54, 1.807) is 0 Å². The average Bonchev–Trinajstić information content (AvgIpc) is 2.74. The number of nitrogens with zero attached hydrogens (tertiary/aromatic N) is 1. The molecular weight excluding hydrogens is 198 g/mol. The van der Waals surface area contributed by atoms with Gasteiger partial charge in [-0.25, -0.2) is 4.98 Å². The lowest BCUT2D eigenvalue weighted by Gasteiger charge is -2.11. The lowest BCUT2D eigenvalue weighted by atomic mass is 10.0. The lowest BCUT2D eigenvalue weighted by Crippen LogP contribution is -2.09. The van der Waals surface area contributed by atoms with Gasteiger partial charge in [0.15, 0.2) is 0 Å². The van der Waals surface area contributed by atoms with Gasteiger partial charge < -0.3 is 11.1 Å². The van der Waals surface area contributed by atoms with E-state index in [0.717, 1.165) is 29.5 Å². The van der Waals surface area contributed by atoms with Crippen LogP contribution in [-0.4, -0.2) is 11.5 Å². The molecule has 0 aliphatic heterocycles. The molecule has 1 fully saturated rings. The highest BCUT2D eigenvalue weighted by atomic mass is 15.0. The van der Waals surface area contributed by atoms with Crippen LogP contribution in [-0.2, 0) is 0 Å². The Morgan fingerprint density at radius 3 is 2.88 bits per heavy atom. The van der Waals surface area contributed by atoms with Gasteiger partial charge in [0.25, 0.3) is 0 Å². The standard InChI is InChI=1S/C13H21N3/c1-10-8-12(14)13(16-9-10)15-7-6-11-4-2-3-5-11/h8-9,11H,2-7,14H2,1H3,(H,15,16). The molecule has 0 amide bonds. The van der Waals surface area contributed by atoms with Crippen molar-refractivity contribution in [1.29, 1.82) is 0 Å². The largest absolute Gasteiger partial charge is 0.396 e. The van der Waals surface area contributed by atoms with Gasteiger partial charge in [-0.2, -0.15) is 0 Å². The summed E-state index contributed by atoms with van der Waals surface area (Å²) in [5.41, 5.74) is 7.76. The van der Waals surface area contributed by atoms with Gasteiger partial charge in [0.1, 0.15) is 5.82 Å². The Balaban J connectivity index is 1.80. The molecule has 0 bridgehead atoms. The second kappa shape index (κ2) is 5.19. The number of aromatic nitrogens is 1. The Labute approximate surface area is 97.5 Å². The fraction of sp³-hybridized carbons (Fsp3) is 0.615. The fourth-order valence-corrected chi connectivity index (χ4v) is 2.43.